The number of aromatic amines is 2. The van der Waals surface area contributed by atoms with Gasteiger partial charge in [0.05, 0.1) is 18.8 Å². The van der Waals surface area contributed by atoms with Crippen LogP contribution in [0.2, 0.25) is 0 Å². The second kappa shape index (κ2) is 7.42. The summed E-state index contributed by atoms with van der Waals surface area (Å²) < 4.78 is 6.53. The summed E-state index contributed by atoms with van der Waals surface area (Å²) in [5.41, 5.74) is 3.96. The van der Waals surface area contributed by atoms with Crippen molar-refractivity contribution >= 4 is 10.9 Å². The minimum absolute atomic E-state index is 0.101. The molecule has 5 rings (SSSR count). The molecule has 0 amide bonds. The van der Waals surface area contributed by atoms with Crippen LogP contribution in [-0.2, 0) is 6.42 Å². The molecule has 1 aliphatic rings. The fraction of sp³-hybridized carbons (Fsp3) is 0.250. The van der Waals surface area contributed by atoms with Gasteiger partial charge in [-0.2, -0.15) is 0 Å². The number of ether oxygens (including phenoxy) is 1. The van der Waals surface area contributed by atoms with Crippen LogP contribution < -0.4 is 21.3 Å². The molecule has 0 saturated heterocycles. The highest BCUT2D eigenvalue weighted by molar-refractivity contribution is 5.86. The van der Waals surface area contributed by atoms with Crippen molar-refractivity contribution in [3.05, 3.63) is 85.2 Å². The molecular weight excluding hydrogens is 408 g/mol. The van der Waals surface area contributed by atoms with Gasteiger partial charge in [0.1, 0.15) is 11.3 Å². The molecule has 8 heteroatoms. The van der Waals surface area contributed by atoms with Crippen LogP contribution in [0.5, 0.6) is 11.6 Å². The number of methoxy groups -OCH3 is 1. The maximum atomic E-state index is 12.9. The number of fused-ring (bicyclic) bond motifs is 3. The van der Waals surface area contributed by atoms with E-state index in [4.69, 9.17) is 4.74 Å². The lowest BCUT2D eigenvalue weighted by atomic mass is 9.95. The Morgan fingerprint density at radius 3 is 2.66 bits per heavy atom. The van der Waals surface area contributed by atoms with Crippen molar-refractivity contribution < 1.29 is 9.84 Å². The molecule has 2 aromatic heterocycles. The van der Waals surface area contributed by atoms with Gasteiger partial charge < -0.3 is 20.1 Å². The summed E-state index contributed by atoms with van der Waals surface area (Å²) in [4.78, 5) is 31.4. The van der Waals surface area contributed by atoms with Crippen LogP contribution in [0, 0.1) is 13.8 Å². The summed E-state index contributed by atoms with van der Waals surface area (Å²) in [5, 5.41) is 15.5. The summed E-state index contributed by atoms with van der Waals surface area (Å²) in [5.74, 6) is 0.380. The molecule has 0 radical (unpaired) electrons. The Kier molecular flexibility index (Phi) is 4.67. The Bertz CT molecular complexity index is 1480. The monoisotopic (exact) mass is 432 g/mol. The van der Waals surface area contributed by atoms with E-state index >= 15 is 0 Å². The molecule has 1 unspecified atom stereocenters. The van der Waals surface area contributed by atoms with E-state index in [-0.39, 0.29) is 11.4 Å². The average Bonchev–Trinajstić information content (AvgIpc) is 3.13. The van der Waals surface area contributed by atoms with E-state index in [0.717, 1.165) is 50.0 Å². The summed E-state index contributed by atoms with van der Waals surface area (Å²) >= 11 is 0. The van der Waals surface area contributed by atoms with Crippen LogP contribution in [0.15, 0.2) is 46.0 Å². The van der Waals surface area contributed by atoms with E-state index in [2.05, 4.69) is 15.3 Å². The first-order valence-electron chi connectivity index (χ1n) is 10.5. The Morgan fingerprint density at radius 1 is 1.09 bits per heavy atom. The third kappa shape index (κ3) is 3.03. The molecule has 1 aliphatic heterocycles. The molecule has 2 aromatic carbocycles. The second-order valence-electron chi connectivity index (χ2n) is 8.19. The van der Waals surface area contributed by atoms with Crippen molar-refractivity contribution in [3.63, 3.8) is 0 Å². The normalized spacial score (nSPS) is 15.7. The Hall–Kier alpha value is -3.78. The first-order valence-corrected chi connectivity index (χ1v) is 10.5. The van der Waals surface area contributed by atoms with Gasteiger partial charge in [0.25, 0.3) is 5.56 Å². The zero-order valence-corrected chi connectivity index (χ0v) is 18.1. The lowest BCUT2D eigenvalue weighted by Crippen LogP contribution is -2.38. The third-order valence-corrected chi connectivity index (χ3v) is 6.16. The van der Waals surface area contributed by atoms with Crippen molar-refractivity contribution in [3.8, 4) is 17.3 Å². The largest absolute Gasteiger partial charge is 0.497 e. The minimum atomic E-state index is -0.680. The standard InChI is InChI=1S/C24H24N4O4/c1-12-4-7-18(13(2)10-12)28-23(30)19(22(29)27-24(28)31)21-20-15(8-9-25-21)16-11-14(32-3)5-6-17(16)26-20/h4-7,10-11,21,25-26,30H,8-9H2,1-3H3,(H,27,29,31). The highest BCUT2D eigenvalue weighted by Crippen LogP contribution is 2.36. The Morgan fingerprint density at radius 2 is 1.91 bits per heavy atom. The van der Waals surface area contributed by atoms with Crippen molar-refractivity contribution in [2.45, 2.75) is 26.3 Å². The van der Waals surface area contributed by atoms with Crippen molar-refractivity contribution in [1.29, 1.82) is 0 Å². The highest BCUT2D eigenvalue weighted by Gasteiger charge is 2.31. The van der Waals surface area contributed by atoms with Gasteiger partial charge in [0.15, 0.2) is 0 Å². The number of H-pyrrole nitrogens is 2. The second-order valence-corrected chi connectivity index (χ2v) is 8.19. The maximum Gasteiger partial charge on any atom is 0.335 e. The summed E-state index contributed by atoms with van der Waals surface area (Å²) in [6.45, 7) is 4.43. The molecule has 4 aromatic rings. The zero-order valence-electron chi connectivity index (χ0n) is 18.1. The zero-order chi connectivity index (χ0) is 22.6. The van der Waals surface area contributed by atoms with E-state index in [9.17, 15) is 14.7 Å². The van der Waals surface area contributed by atoms with Gasteiger partial charge in [0, 0.05) is 23.1 Å². The fourth-order valence-electron chi connectivity index (χ4n) is 4.66. The number of rotatable bonds is 3. The van der Waals surface area contributed by atoms with Crippen LogP contribution in [0.25, 0.3) is 16.6 Å². The fourth-order valence-corrected chi connectivity index (χ4v) is 4.66. The molecule has 0 spiro atoms. The summed E-state index contributed by atoms with van der Waals surface area (Å²) in [6.07, 6.45) is 0.758. The first-order chi connectivity index (χ1) is 15.4. The molecule has 32 heavy (non-hydrogen) atoms. The van der Waals surface area contributed by atoms with Crippen LogP contribution >= 0.6 is 0 Å². The van der Waals surface area contributed by atoms with Crippen molar-refractivity contribution in [1.82, 2.24) is 19.9 Å². The van der Waals surface area contributed by atoms with E-state index in [1.54, 1.807) is 13.2 Å². The molecule has 164 valence electrons. The molecule has 1 atom stereocenters. The van der Waals surface area contributed by atoms with Crippen molar-refractivity contribution in [2.24, 2.45) is 0 Å². The molecule has 3 heterocycles. The van der Waals surface area contributed by atoms with Crippen LogP contribution in [0.4, 0.5) is 0 Å². The molecule has 0 bridgehead atoms. The highest BCUT2D eigenvalue weighted by atomic mass is 16.5. The van der Waals surface area contributed by atoms with E-state index in [1.165, 1.54) is 0 Å². The molecule has 0 fully saturated rings. The quantitative estimate of drug-likeness (QED) is 0.398. The van der Waals surface area contributed by atoms with Crippen LogP contribution in [0.3, 0.4) is 0 Å². The predicted molar refractivity (Wildman–Crippen MR) is 122 cm³/mol. The van der Waals surface area contributed by atoms with E-state index in [0.29, 0.717) is 12.2 Å². The van der Waals surface area contributed by atoms with Crippen molar-refractivity contribution in [2.75, 3.05) is 13.7 Å². The lowest BCUT2D eigenvalue weighted by Gasteiger charge is -2.25. The van der Waals surface area contributed by atoms with Gasteiger partial charge in [-0.3, -0.25) is 9.78 Å². The molecule has 4 N–H and O–H groups in total. The number of hydrogen-bond donors (Lipinski definition) is 4. The third-order valence-electron chi connectivity index (χ3n) is 6.16. The predicted octanol–water partition coefficient (Wildman–Crippen LogP) is 2.57. The van der Waals surface area contributed by atoms with Gasteiger partial charge in [0.2, 0.25) is 5.88 Å². The number of benzene rings is 2. The number of aryl methyl sites for hydroxylation is 2. The molecule has 0 saturated carbocycles. The van der Waals surface area contributed by atoms with E-state index in [1.807, 2.05) is 44.2 Å². The topological polar surface area (TPSA) is 112 Å². The molecule has 8 nitrogen and oxygen atoms in total. The SMILES string of the molecule is COc1ccc2[nH]c3c(c2c1)CCNC3c1c(O)n(-c2ccc(C)cc2C)c(=O)[nH]c1=O. The lowest BCUT2D eigenvalue weighted by molar-refractivity contribution is 0.409. The Labute approximate surface area is 183 Å². The average molecular weight is 432 g/mol. The summed E-state index contributed by atoms with van der Waals surface area (Å²) in [6, 6.07) is 10.7. The first kappa shape index (κ1) is 20.1. The van der Waals surface area contributed by atoms with Crippen LogP contribution in [0.1, 0.15) is 34.0 Å². The number of aromatic nitrogens is 3. The van der Waals surface area contributed by atoms with Gasteiger partial charge in [-0.15, -0.1) is 0 Å². The number of hydrogen-bond acceptors (Lipinski definition) is 5. The van der Waals surface area contributed by atoms with E-state index < -0.39 is 17.3 Å². The maximum absolute atomic E-state index is 12.9. The number of aromatic hydroxyl groups is 1. The molecular formula is C24H24N4O4. The molecule has 0 aliphatic carbocycles. The summed E-state index contributed by atoms with van der Waals surface area (Å²) in [7, 11) is 1.62. The number of nitrogens with one attached hydrogen (secondary N) is 3. The van der Waals surface area contributed by atoms with Gasteiger partial charge in [-0.25, -0.2) is 9.36 Å². The van der Waals surface area contributed by atoms with Gasteiger partial charge >= 0.3 is 5.69 Å². The number of nitrogens with zero attached hydrogens (tertiary/aromatic N) is 1. The van der Waals surface area contributed by atoms with Gasteiger partial charge in [-0.05, 0) is 55.7 Å². The minimum Gasteiger partial charge on any atom is -0.497 e. The smallest absolute Gasteiger partial charge is 0.335 e. The van der Waals surface area contributed by atoms with Crippen LogP contribution in [-0.4, -0.2) is 33.3 Å². The van der Waals surface area contributed by atoms with Gasteiger partial charge in [-0.1, -0.05) is 17.7 Å². The Balaban J connectivity index is 1.73.